The first-order chi connectivity index (χ1) is 9.85. The number of hydrogen-bond acceptors (Lipinski definition) is 5. The number of ether oxygens (including phenoxy) is 1. The molecule has 1 aliphatic carbocycles. The van der Waals surface area contributed by atoms with Gasteiger partial charge in [-0.3, -0.25) is 10.1 Å². The van der Waals surface area contributed by atoms with Crippen molar-refractivity contribution in [2.75, 3.05) is 7.11 Å². The smallest absolute Gasteiger partial charge is 0.312 e. The lowest BCUT2D eigenvalue weighted by Gasteiger charge is -2.16. The first kappa shape index (κ1) is 16.0. The van der Waals surface area contributed by atoms with Gasteiger partial charge in [0.1, 0.15) is 0 Å². The number of alkyl halides is 1. The van der Waals surface area contributed by atoms with E-state index in [1.807, 2.05) is 0 Å². The Labute approximate surface area is 127 Å². The third-order valence-corrected chi connectivity index (χ3v) is 5.41. The van der Waals surface area contributed by atoms with Crippen LogP contribution in [0.2, 0.25) is 0 Å². The second-order valence-corrected chi connectivity index (χ2v) is 7.04. The average Bonchev–Trinajstić information content (AvgIpc) is 2.82. The predicted octanol–water partition coefficient (Wildman–Crippen LogP) is 2.04. The third-order valence-electron chi connectivity index (χ3n) is 3.40. The van der Waals surface area contributed by atoms with Crippen LogP contribution in [-0.4, -0.2) is 31.9 Å². The van der Waals surface area contributed by atoms with E-state index < -0.39 is 20.6 Å². The molecule has 1 aromatic carbocycles. The van der Waals surface area contributed by atoms with E-state index in [4.69, 9.17) is 16.3 Å². The van der Waals surface area contributed by atoms with Gasteiger partial charge < -0.3 is 4.74 Å². The first-order valence-electron chi connectivity index (χ1n) is 6.34. The van der Waals surface area contributed by atoms with Crippen molar-refractivity contribution in [3.05, 3.63) is 28.3 Å². The monoisotopic (exact) mass is 334 g/mol. The Kier molecular flexibility index (Phi) is 4.70. The molecule has 0 aliphatic heterocycles. The minimum absolute atomic E-state index is 0.00929. The molecule has 2 atom stereocenters. The minimum atomic E-state index is -3.85. The zero-order chi connectivity index (χ0) is 15.6. The highest BCUT2D eigenvalue weighted by Gasteiger charge is 2.31. The summed E-state index contributed by atoms with van der Waals surface area (Å²) < 4.78 is 31.9. The number of rotatable bonds is 5. The van der Waals surface area contributed by atoms with Crippen molar-refractivity contribution in [1.82, 2.24) is 4.72 Å². The molecule has 21 heavy (non-hydrogen) atoms. The van der Waals surface area contributed by atoms with Gasteiger partial charge in [0.15, 0.2) is 5.75 Å². The van der Waals surface area contributed by atoms with Gasteiger partial charge in [-0.25, -0.2) is 13.1 Å². The molecule has 1 aromatic rings. The van der Waals surface area contributed by atoms with Gasteiger partial charge in [-0.2, -0.15) is 0 Å². The molecular weight excluding hydrogens is 320 g/mol. The molecule has 1 fully saturated rings. The van der Waals surface area contributed by atoms with Crippen molar-refractivity contribution in [2.24, 2.45) is 0 Å². The predicted molar refractivity (Wildman–Crippen MR) is 77.2 cm³/mol. The number of sulfonamides is 1. The van der Waals surface area contributed by atoms with E-state index in [1.54, 1.807) is 0 Å². The highest BCUT2D eigenvalue weighted by Crippen LogP contribution is 2.30. The Balaban J connectivity index is 2.31. The zero-order valence-corrected chi connectivity index (χ0v) is 12.9. The van der Waals surface area contributed by atoms with E-state index in [2.05, 4.69) is 4.72 Å². The van der Waals surface area contributed by atoms with Crippen LogP contribution in [-0.2, 0) is 10.0 Å². The second kappa shape index (κ2) is 6.17. The summed E-state index contributed by atoms with van der Waals surface area (Å²) in [6.07, 6.45) is 2.26. The molecule has 0 heterocycles. The van der Waals surface area contributed by atoms with E-state index in [9.17, 15) is 18.5 Å². The number of nitrogens with one attached hydrogen (secondary N) is 1. The number of nitro groups is 1. The van der Waals surface area contributed by atoms with Crippen LogP contribution in [0.5, 0.6) is 5.75 Å². The van der Waals surface area contributed by atoms with Crippen LogP contribution in [0.25, 0.3) is 0 Å². The summed E-state index contributed by atoms with van der Waals surface area (Å²) >= 11 is 6.05. The fraction of sp³-hybridized carbons (Fsp3) is 0.500. The third kappa shape index (κ3) is 3.45. The van der Waals surface area contributed by atoms with Crippen LogP contribution in [0.3, 0.4) is 0 Å². The molecule has 1 N–H and O–H groups in total. The summed E-state index contributed by atoms with van der Waals surface area (Å²) in [5.74, 6) is 0.00929. The maximum absolute atomic E-state index is 12.3. The fourth-order valence-electron chi connectivity index (χ4n) is 2.29. The molecule has 116 valence electrons. The molecule has 0 bridgehead atoms. The van der Waals surface area contributed by atoms with Crippen LogP contribution in [0.4, 0.5) is 5.69 Å². The molecule has 9 heteroatoms. The van der Waals surface area contributed by atoms with Gasteiger partial charge in [-0.15, -0.1) is 11.6 Å². The van der Waals surface area contributed by atoms with Crippen molar-refractivity contribution in [3.8, 4) is 5.75 Å². The summed E-state index contributed by atoms with van der Waals surface area (Å²) in [5.41, 5.74) is -0.394. The molecule has 1 aliphatic rings. The lowest BCUT2D eigenvalue weighted by atomic mass is 10.3. The molecular formula is C12H15ClN2O5S. The largest absolute Gasteiger partial charge is 0.490 e. The number of halogens is 1. The average molecular weight is 335 g/mol. The lowest BCUT2D eigenvalue weighted by molar-refractivity contribution is -0.386. The Morgan fingerprint density at radius 2 is 2.14 bits per heavy atom. The number of methoxy groups -OCH3 is 1. The fourth-order valence-corrected chi connectivity index (χ4v) is 4.04. The molecule has 7 nitrogen and oxygen atoms in total. The number of nitrogens with zero attached hydrogens (tertiary/aromatic N) is 1. The van der Waals surface area contributed by atoms with Crippen molar-refractivity contribution < 1.29 is 18.1 Å². The standard InChI is InChI=1S/C12H15ClN2O5S/c1-20-12-6-5-8(7-11(12)15(16)17)21(18,19)14-10-4-2-3-9(10)13/h5-7,9-10,14H,2-4H2,1H3. The Morgan fingerprint density at radius 1 is 1.43 bits per heavy atom. The summed E-state index contributed by atoms with van der Waals surface area (Å²) in [6, 6.07) is 3.17. The van der Waals surface area contributed by atoms with Crippen LogP contribution in [0.15, 0.2) is 23.1 Å². The summed E-state index contributed by atoms with van der Waals surface area (Å²) in [4.78, 5) is 10.1. The highest BCUT2D eigenvalue weighted by atomic mass is 35.5. The van der Waals surface area contributed by atoms with Crippen molar-refractivity contribution in [1.29, 1.82) is 0 Å². The van der Waals surface area contributed by atoms with Crippen LogP contribution >= 0.6 is 11.6 Å². The van der Waals surface area contributed by atoms with Crippen LogP contribution < -0.4 is 9.46 Å². The quantitative estimate of drug-likeness (QED) is 0.504. The highest BCUT2D eigenvalue weighted by molar-refractivity contribution is 7.89. The molecule has 2 unspecified atom stereocenters. The maximum Gasteiger partial charge on any atom is 0.312 e. The van der Waals surface area contributed by atoms with Crippen molar-refractivity contribution in [2.45, 2.75) is 35.6 Å². The zero-order valence-electron chi connectivity index (χ0n) is 11.3. The van der Waals surface area contributed by atoms with E-state index in [0.717, 1.165) is 18.9 Å². The van der Waals surface area contributed by atoms with Gasteiger partial charge in [0, 0.05) is 17.5 Å². The van der Waals surface area contributed by atoms with E-state index >= 15 is 0 Å². The van der Waals surface area contributed by atoms with Crippen molar-refractivity contribution >= 4 is 27.3 Å². The normalized spacial score (nSPS) is 22.2. The van der Waals surface area contributed by atoms with Gasteiger partial charge >= 0.3 is 5.69 Å². The van der Waals surface area contributed by atoms with Crippen molar-refractivity contribution in [3.63, 3.8) is 0 Å². The van der Waals surface area contributed by atoms with Gasteiger partial charge in [0.25, 0.3) is 0 Å². The first-order valence-corrected chi connectivity index (χ1v) is 8.26. The summed E-state index contributed by atoms with van der Waals surface area (Å²) in [6.45, 7) is 0. The summed E-state index contributed by atoms with van der Waals surface area (Å²) in [7, 11) is -2.57. The van der Waals surface area contributed by atoms with Gasteiger partial charge in [0.2, 0.25) is 10.0 Å². The minimum Gasteiger partial charge on any atom is -0.490 e. The molecule has 1 saturated carbocycles. The number of hydrogen-bond donors (Lipinski definition) is 1. The second-order valence-electron chi connectivity index (χ2n) is 4.77. The molecule has 0 aromatic heterocycles. The molecule has 0 saturated heterocycles. The molecule has 2 rings (SSSR count). The summed E-state index contributed by atoms with van der Waals surface area (Å²) in [5, 5.41) is 10.7. The maximum atomic E-state index is 12.3. The lowest BCUT2D eigenvalue weighted by Crippen LogP contribution is -2.37. The van der Waals surface area contributed by atoms with E-state index in [-0.39, 0.29) is 22.1 Å². The molecule has 0 spiro atoms. The molecule has 0 radical (unpaired) electrons. The Bertz CT molecular complexity index is 649. The SMILES string of the molecule is COc1ccc(S(=O)(=O)NC2CCCC2Cl)cc1[N+](=O)[O-]. The topological polar surface area (TPSA) is 98.5 Å². The van der Waals surface area contributed by atoms with E-state index in [1.165, 1.54) is 19.2 Å². The van der Waals surface area contributed by atoms with Crippen LogP contribution in [0, 0.1) is 10.1 Å². The van der Waals surface area contributed by atoms with Gasteiger partial charge in [-0.1, -0.05) is 6.42 Å². The van der Waals surface area contributed by atoms with E-state index in [0.29, 0.717) is 6.42 Å². The number of nitro benzene ring substituents is 1. The van der Waals surface area contributed by atoms with Crippen LogP contribution in [0.1, 0.15) is 19.3 Å². The Morgan fingerprint density at radius 3 is 2.67 bits per heavy atom. The number of benzene rings is 1. The Hall–Kier alpha value is -1.38. The molecule has 0 amide bonds. The van der Waals surface area contributed by atoms with Gasteiger partial charge in [0.05, 0.1) is 16.9 Å². The van der Waals surface area contributed by atoms with Gasteiger partial charge in [-0.05, 0) is 25.0 Å².